The van der Waals surface area contributed by atoms with Crippen molar-refractivity contribution in [3.63, 3.8) is 0 Å². The van der Waals surface area contributed by atoms with Crippen LogP contribution < -0.4 is 9.88 Å². The summed E-state index contributed by atoms with van der Waals surface area (Å²) in [4.78, 5) is 26.4. The molecule has 0 spiro atoms. The molecule has 0 saturated carbocycles. The number of carbonyl (C=O) groups is 2. The van der Waals surface area contributed by atoms with Gasteiger partial charge in [0, 0.05) is 0 Å². The molecule has 1 aliphatic rings. The summed E-state index contributed by atoms with van der Waals surface area (Å²) in [6.07, 6.45) is 3.59. The number of nitrogens with zero attached hydrogens (tertiary/aromatic N) is 1. The summed E-state index contributed by atoms with van der Waals surface area (Å²) in [6, 6.07) is 8.84. The standard InChI is InChI=1S/C15H11N3O2Se/c16-9-10-12(11-5-4-8-21-11)13(15(20)17-14(10)19)18-6-2-1-3-7-18/h1-8,12-13,16H/p+1. The number of imide groups is 1. The summed E-state index contributed by atoms with van der Waals surface area (Å²) >= 11 is 0.0955. The van der Waals surface area contributed by atoms with Crippen LogP contribution in [0.15, 0.2) is 53.2 Å². The molecule has 0 bridgehead atoms. The Morgan fingerprint density at radius 3 is 2.57 bits per heavy atom. The maximum atomic E-state index is 12.3. The van der Waals surface area contributed by atoms with Gasteiger partial charge in [0.2, 0.25) is 0 Å². The van der Waals surface area contributed by atoms with Crippen molar-refractivity contribution < 1.29 is 14.2 Å². The van der Waals surface area contributed by atoms with Gasteiger partial charge in [0.15, 0.2) is 0 Å². The number of piperidine rings is 1. The van der Waals surface area contributed by atoms with Crippen molar-refractivity contribution in [1.82, 2.24) is 5.32 Å². The minimum atomic E-state index is -0.565. The van der Waals surface area contributed by atoms with E-state index in [-0.39, 0.29) is 26.0 Å². The normalized spacial score (nSPS) is 21.8. The monoisotopic (exact) mass is 346 g/mol. The third kappa shape index (κ3) is 2.41. The molecule has 3 heterocycles. The molecule has 0 aromatic carbocycles. The number of rotatable bonds is 2. The van der Waals surface area contributed by atoms with E-state index in [4.69, 9.17) is 5.41 Å². The van der Waals surface area contributed by atoms with Crippen LogP contribution in [0.25, 0.3) is 0 Å². The van der Waals surface area contributed by atoms with Crippen molar-refractivity contribution in [2.75, 3.05) is 0 Å². The van der Waals surface area contributed by atoms with E-state index in [1.807, 2.05) is 35.3 Å². The molecule has 2 atom stereocenters. The fraction of sp³-hybridized carbons (Fsp3) is 0.133. The fourth-order valence-electron chi connectivity index (χ4n) is 2.51. The summed E-state index contributed by atoms with van der Waals surface area (Å²) < 4.78 is 2.79. The van der Waals surface area contributed by atoms with E-state index in [1.165, 1.54) is 0 Å². The molecule has 1 fully saturated rings. The van der Waals surface area contributed by atoms with Crippen molar-refractivity contribution in [2.45, 2.75) is 12.0 Å². The SMILES string of the molecule is N=C=C1C(=O)NC(=O)C([n+]2ccccc2)C1c1ccc[se]1. The van der Waals surface area contributed by atoms with Crippen molar-refractivity contribution in [3.8, 4) is 0 Å². The number of hydrogen-bond donors (Lipinski definition) is 2. The average Bonchev–Trinajstić information content (AvgIpc) is 3.01. The second-order valence-electron chi connectivity index (χ2n) is 4.62. The van der Waals surface area contributed by atoms with E-state index in [2.05, 4.69) is 11.2 Å². The van der Waals surface area contributed by atoms with Gasteiger partial charge in [-0.15, -0.1) is 0 Å². The van der Waals surface area contributed by atoms with Crippen LogP contribution in [0, 0.1) is 5.41 Å². The van der Waals surface area contributed by atoms with E-state index in [0.29, 0.717) is 0 Å². The number of pyridine rings is 1. The molecule has 1 aliphatic heterocycles. The van der Waals surface area contributed by atoms with Crippen molar-refractivity contribution >= 4 is 32.2 Å². The molecule has 3 rings (SSSR count). The van der Waals surface area contributed by atoms with Gasteiger partial charge in [-0.1, -0.05) is 0 Å². The van der Waals surface area contributed by atoms with Gasteiger partial charge in [0.25, 0.3) is 0 Å². The van der Waals surface area contributed by atoms with Crippen LogP contribution in [-0.4, -0.2) is 32.2 Å². The van der Waals surface area contributed by atoms with Crippen LogP contribution in [0.4, 0.5) is 0 Å². The van der Waals surface area contributed by atoms with Gasteiger partial charge in [-0.25, -0.2) is 0 Å². The summed E-state index contributed by atoms with van der Waals surface area (Å²) in [5.74, 6) is 0.946. The van der Waals surface area contributed by atoms with Crippen LogP contribution in [-0.2, 0) is 9.59 Å². The van der Waals surface area contributed by atoms with Gasteiger partial charge in [0.1, 0.15) is 0 Å². The summed E-state index contributed by atoms with van der Waals surface area (Å²) in [5, 5.41) is 9.75. The first-order chi connectivity index (χ1) is 10.2. The van der Waals surface area contributed by atoms with Crippen LogP contribution in [0.2, 0.25) is 0 Å². The quantitative estimate of drug-likeness (QED) is 0.268. The molecule has 1 saturated heterocycles. The molecule has 0 aliphatic carbocycles. The Morgan fingerprint density at radius 1 is 1.19 bits per heavy atom. The number of hydrogen-bond acceptors (Lipinski definition) is 3. The second kappa shape index (κ2) is 5.62. The molecule has 2 N–H and O–H groups in total. The molecule has 5 nitrogen and oxygen atoms in total. The molecular formula is C15H12N3O2Se+. The Labute approximate surface area is 127 Å². The van der Waals surface area contributed by atoms with Gasteiger partial charge in [-0.05, 0) is 0 Å². The molecule has 2 amide bonds. The average molecular weight is 345 g/mol. The van der Waals surface area contributed by atoms with E-state index < -0.39 is 17.9 Å². The zero-order valence-electron chi connectivity index (χ0n) is 10.9. The number of nitrogens with one attached hydrogen (secondary N) is 2. The topological polar surface area (TPSA) is 73.9 Å². The number of aromatic nitrogens is 1. The van der Waals surface area contributed by atoms with E-state index in [0.717, 1.165) is 4.44 Å². The second-order valence-corrected chi connectivity index (χ2v) is 6.67. The minimum absolute atomic E-state index is 0.0955. The zero-order chi connectivity index (χ0) is 14.8. The first-order valence-corrected chi connectivity index (χ1v) is 8.21. The molecule has 104 valence electrons. The molecule has 2 aromatic heterocycles. The summed E-state index contributed by atoms with van der Waals surface area (Å²) in [5.41, 5.74) is 0.216. The Kier molecular flexibility index (Phi) is 3.67. The Bertz CT molecular complexity index is 734. The molecule has 21 heavy (non-hydrogen) atoms. The van der Waals surface area contributed by atoms with Crippen molar-refractivity contribution in [1.29, 1.82) is 5.41 Å². The zero-order valence-corrected chi connectivity index (χ0v) is 12.7. The first kappa shape index (κ1) is 13.7. The maximum absolute atomic E-state index is 12.3. The Morgan fingerprint density at radius 2 is 1.95 bits per heavy atom. The molecule has 0 radical (unpaired) electrons. The summed E-state index contributed by atoms with van der Waals surface area (Å²) in [6.45, 7) is 0. The van der Waals surface area contributed by atoms with Gasteiger partial charge in [-0.3, -0.25) is 0 Å². The van der Waals surface area contributed by atoms with Crippen molar-refractivity contribution in [2.24, 2.45) is 0 Å². The molecular weight excluding hydrogens is 333 g/mol. The number of amides is 2. The predicted molar refractivity (Wildman–Crippen MR) is 76.2 cm³/mol. The third-order valence-corrected chi connectivity index (χ3v) is 5.43. The molecule has 2 aromatic rings. The molecule has 6 heteroatoms. The van der Waals surface area contributed by atoms with Gasteiger partial charge < -0.3 is 0 Å². The Hall–Kier alpha value is -2.26. The van der Waals surface area contributed by atoms with E-state index in [1.54, 1.807) is 17.0 Å². The van der Waals surface area contributed by atoms with Gasteiger partial charge >= 0.3 is 127 Å². The van der Waals surface area contributed by atoms with Crippen LogP contribution in [0.3, 0.4) is 0 Å². The van der Waals surface area contributed by atoms with Gasteiger partial charge in [-0.2, -0.15) is 0 Å². The molecule has 2 unspecified atom stereocenters. The van der Waals surface area contributed by atoms with E-state index in [9.17, 15) is 9.59 Å². The fourth-order valence-corrected chi connectivity index (χ4v) is 4.32. The summed E-state index contributed by atoms with van der Waals surface area (Å²) in [7, 11) is 0. The van der Waals surface area contributed by atoms with Crippen molar-refractivity contribution in [3.05, 3.63) is 57.7 Å². The number of carbonyl (C=O) groups excluding carboxylic acids is 2. The third-order valence-electron chi connectivity index (χ3n) is 3.42. The first-order valence-electron chi connectivity index (χ1n) is 6.36. The van der Waals surface area contributed by atoms with Crippen LogP contribution in [0.1, 0.15) is 16.4 Å². The van der Waals surface area contributed by atoms with Crippen LogP contribution in [0.5, 0.6) is 0 Å². The van der Waals surface area contributed by atoms with Crippen LogP contribution >= 0.6 is 0 Å². The van der Waals surface area contributed by atoms with Gasteiger partial charge in [0.05, 0.1) is 0 Å². The Balaban J connectivity index is 2.17. The van der Waals surface area contributed by atoms with E-state index >= 15 is 0 Å². The predicted octanol–water partition coefficient (Wildman–Crippen LogP) is 0.187.